The van der Waals surface area contributed by atoms with Crippen molar-refractivity contribution in [3.8, 4) is 0 Å². The zero-order valence-corrected chi connectivity index (χ0v) is 22.0. The summed E-state index contributed by atoms with van der Waals surface area (Å²) < 4.78 is 5.43. The van der Waals surface area contributed by atoms with E-state index in [4.69, 9.17) is 4.74 Å². The Morgan fingerprint density at radius 1 is 1.03 bits per heavy atom. The maximum absolute atomic E-state index is 12.5. The molecule has 1 aliphatic carbocycles. The number of carbonyl (C=O) groups is 2. The van der Waals surface area contributed by atoms with E-state index in [-0.39, 0.29) is 38.8 Å². The van der Waals surface area contributed by atoms with Gasteiger partial charge in [0.25, 0.3) is 0 Å². The molecule has 2 heterocycles. The molecule has 0 amide bonds. The maximum atomic E-state index is 12.5. The van der Waals surface area contributed by atoms with E-state index in [1.54, 1.807) is 19.3 Å². The SMILES string of the molecule is C.C.CC(=O)C1(CC(C)C)CCNCC1.Cc1cnc(COC(=O)C2(C(O)C(C)C)CCCC2)cn1. The van der Waals surface area contributed by atoms with Crippen LogP contribution in [-0.4, -0.2) is 46.0 Å². The number of aromatic nitrogens is 2. The number of ether oxygens (including phenoxy) is 1. The number of rotatable bonds is 8. The molecule has 1 aliphatic heterocycles. The summed E-state index contributed by atoms with van der Waals surface area (Å²) in [4.78, 5) is 32.5. The number of hydrogen-bond donors (Lipinski definition) is 2. The molecule has 0 aromatic carbocycles. The van der Waals surface area contributed by atoms with Crippen LogP contribution >= 0.6 is 0 Å². The van der Waals surface area contributed by atoms with Gasteiger partial charge in [-0.1, -0.05) is 55.4 Å². The quantitative estimate of drug-likeness (QED) is 0.437. The highest BCUT2D eigenvalue weighted by Crippen LogP contribution is 2.44. The number of carbonyl (C=O) groups excluding carboxylic acids is 2. The van der Waals surface area contributed by atoms with Crippen molar-refractivity contribution in [2.75, 3.05) is 13.1 Å². The van der Waals surface area contributed by atoms with Gasteiger partial charge in [-0.05, 0) is 70.9 Å². The van der Waals surface area contributed by atoms with E-state index in [9.17, 15) is 14.7 Å². The number of hydrogen-bond acceptors (Lipinski definition) is 7. The molecular weight excluding hydrogens is 454 g/mol. The number of ketones is 1. The van der Waals surface area contributed by atoms with Crippen molar-refractivity contribution < 1.29 is 19.4 Å². The third-order valence-electron chi connectivity index (χ3n) is 7.39. The third kappa shape index (κ3) is 8.91. The van der Waals surface area contributed by atoms with Gasteiger partial charge in [-0.25, -0.2) is 0 Å². The summed E-state index contributed by atoms with van der Waals surface area (Å²) in [5.41, 5.74) is 0.708. The van der Waals surface area contributed by atoms with Crippen LogP contribution in [0.4, 0.5) is 0 Å². The Hall–Kier alpha value is -1.86. The van der Waals surface area contributed by atoms with Crippen molar-refractivity contribution in [3.05, 3.63) is 23.8 Å². The molecule has 0 spiro atoms. The number of nitrogens with zero attached hydrogens (tertiary/aromatic N) is 2. The lowest BCUT2D eigenvalue weighted by atomic mass is 9.70. The Bertz CT molecular complexity index is 780. The van der Waals surface area contributed by atoms with Crippen LogP contribution in [0.5, 0.6) is 0 Å². The fourth-order valence-electron chi connectivity index (χ4n) is 5.43. The molecule has 2 N–H and O–H groups in total. The number of aryl methyl sites for hydroxylation is 1. The summed E-state index contributed by atoms with van der Waals surface area (Å²) in [6, 6.07) is 0. The summed E-state index contributed by atoms with van der Waals surface area (Å²) in [5.74, 6) is 0.753. The zero-order chi connectivity index (χ0) is 25.4. The maximum Gasteiger partial charge on any atom is 0.315 e. The van der Waals surface area contributed by atoms with Crippen LogP contribution in [0.15, 0.2) is 12.4 Å². The number of piperidine rings is 1. The standard InChI is InChI=1S/C16H24N2O3.C11H21NO.2CH4/c1-11(2)14(19)16(6-4-5-7-16)15(20)21-10-13-9-17-12(3)8-18-13;1-9(2)8-11(10(3)13)4-6-12-7-5-11;;/h8-9,11,14,19H,4-7,10H2,1-3H3;9,12H,4-8H2,1-3H3;2*1H4. The highest BCUT2D eigenvalue weighted by atomic mass is 16.5. The molecule has 7 nitrogen and oxygen atoms in total. The first kappa shape index (κ1) is 34.1. The van der Waals surface area contributed by atoms with E-state index in [1.807, 2.05) is 20.8 Å². The van der Waals surface area contributed by atoms with Gasteiger partial charge in [0, 0.05) is 11.6 Å². The highest BCUT2D eigenvalue weighted by Gasteiger charge is 2.49. The van der Waals surface area contributed by atoms with Crippen LogP contribution in [0.25, 0.3) is 0 Å². The molecule has 0 bridgehead atoms. The summed E-state index contributed by atoms with van der Waals surface area (Å²) in [7, 11) is 0. The lowest BCUT2D eigenvalue weighted by Gasteiger charge is -2.36. The van der Waals surface area contributed by atoms with Crippen molar-refractivity contribution in [2.24, 2.45) is 22.7 Å². The van der Waals surface area contributed by atoms with Crippen molar-refractivity contribution >= 4 is 11.8 Å². The van der Waals surface area contributed by atoms with E-state index in [0.717, 1.165) is 50.9 Å². The lowest BCUT2D eigenvalue weighted by Crippen LogP contribution is -2.44. The minimum atomic E-state index is -0.744. The molecule has 1 saturated carbocycles. The van der Waals surface area contributed by atoms with Crippen LogP contribution in [-0.2, 0) is 20.9 Å². The Morgan fingerprint density at radius 2 is 1.61 bits per heavy atom. The molecule has 1 aromatic heterocycles. The van der Waals surface area contributed by atoms with Crippen LogP contribution in [0.3, 0.4) is 0 Å². The van der Waals surface area contributed by atoms with Crippen LogP contribution in [0, 0.1) is 29.6 Å². The fourth-order valence-corrected chi connectivity index (χ4v) is 5.43. The number of Topliss-reactive ketones (excluding diaryl/α,β-unsaturated/α-hetero) is 1. The van der Waals surface area contributed by atoms with E-state index in [1.165, 1.54) is 0 Å². The Labute approximate surface area is 220 Å². The Kier molecular flexibility index (Phi) is 14.6. The molecule has 1 unspecified atom stereocenters. The molecule has 1 saturated heterocycles. The first-order valence-electron chi connectivity index (χ1n) is 12.9. The summed E-state index contributed by atoms with van der Waals surface area (Å²) >= 11 is 0. The van der Waals surface area contributed by atoms with Crippen LogP contribution < -0.4 is 5.32 Å². The van der Waals surface area contributed by atoms with Crippen molar-refractivity contribution in [2.45, 2.75) is 114 Å². The van der Waals surface area contributed by atoms with E-state index in [2.05, 4.69) is 29.1 Å². The first-order valence-corrected chi connectivity index (χ1v) is 12.9. The van der Waals surface area contributed by atoms with Crippen molar-refractivity contribution in [1.29, 1.82) is 0 Å². The molecular formula is C29H53N3O4. The van der Waals surface area contributed by atoms with E-state index < -0.39 is 11.5 Å². The van der Waals surface area contributed by atoms with Gasteiger partial charge in [0.1, 0.15) is 12.4 Å². The lowest BCUT2D eigenvalue weighted by molar-refractivity contribution is -0.167. The molecule has 7 heteroatoms. The van der Waals surface area contributed by atoms with Gasteiger partial charge in [0.05, 0.1) is 29.1 Å². The molecule has 2 fully saturated rings. The van der Waals surface area contributed by atoms with Gasteiger partial charge in [0.2, 0.25) is 0 Å². The molecule has 3 rings (SSSR count). The molecule has 2 aliphatic rings. The Morgan fingerprint density at radius 3 is 2.06 bits per heavy atom. The topological polar surface area (TPSA) is 101 Å². The van der Waals surface area contributed by atoms with Gasteiger partial charge in [-0.2, -0.15) is 0 Å². The zero-order valence-electron chi connectivity index (χ0n) is 22.0. The molecule has 0 radical (unpaired) electrons. The Balaban J connectivity index is 0.000000711. The first-order chi connectivity index (χ1) is 16.0. The van der Waals surface area contributed by atoms with Gasteiger partial charge in [-0.3, -0.25) is 19.6 Å². The summed E-state index contributed by atoms with van der Waals surface area (Å²) in [5, 5.41) is 13.8. The third-order valence-corrected chi connectivity index (χ3v) is 7.39. The van der Waals surface area contributed by atoms with Crippen LogP contribution in [0.1, 0.15) is 106 Å². The highest BCUT2D eigenvalue weighted by molar-refractivity contribution is 5.82. The molecule has 1 atom stereocenters. The average Bonchev–Trinajstić information content (AvgIpc) is 3.29. The second-order valence-corrected chi connectivity index (χ2v) is 11.0. The van der Waals surface area contributed by atoms with Crippen molar-refractivity contribution in [1.82, 2.24) is 15.3 Å². The molecule has 208 valence electrons. The van der Waals surface area contributed by atoms with Crippen molar-refractivity contribution in [3.63, 3.8) is 0 Å². The van der Waals surface area contributed by atoms with E-state index in [0.29, 0.717) is 30.2 Å². The molecule has 1 aromatic rings. The number of aliphatic hydroxyl groups excluding tert-OH is 1. The van der Waals surface area contributed by atoms with Gasteiger partial charge in [0.15, 0.2) is 0 Å². The second kappa shape index (κ2) is 15.4. The largest absolute Gasteiger partial charge is 0.459 e. The van der Waals surface area contributed by atoms with Gasteiger partial charge in [-0.15, -0.1) is 0 Å². The average molecular weight is 508 g/mol. The normalized spacial score (nSPS) is 18.8. The monoisotopic (exact) mass is 507 g/mol. The number of nitrogens with one attached hydrogen (secondary N) is 1. The smallest absolute Gasteiger partial charge is 0.315 e. The predicted octanol–water partition coefficient (Wildman–Crippen LogP) is 5.67. The summed E-state index contributed by atoms with van der Waals surface area (Å²) in [6.07, 6.45) is 9.05. The summed E-state index contributed by atoms with van der Waals surface area (Å²) in [6.45, 7) is 14.0. The minimum Gasteiger partial charge on any atom is -0.459 e. The van der Waals surface area contributed by atoms with Gasteiger partial charge < -0.3 is 15.2 Å². The number of aliphatic hydroxyl groups is 1. The minimum absolute atomic E-state index is 0. The van der Waals surface area contributed by atoms with Gasteiger partial charge >= 0.3 is 5.97 Å². The predicted molar refractivity (Wildman–Crippen MR) is 146 cm³/mol. The van der Waals surface area contributed by atoms with E-state index >= 15 is 0 Å². The molecule has 36 heavy (non-hydrogen) atoms. The van der Waals surface area contributed by atoms with Crippen LogP contribution in [0.2, 0.25) is 0 Å². The second-order valence-electron chi connectivity index (χ2n) is 11.0. The number of esters is 1. The fraction of sp³-hybridized carbons (Fsp3) is 0.793.